The molecule has 174 valence electrons. The Kier molecular flexibility index (Phi) is 12.0. The SMILES string of the molecule is CCCCCCCCCCCCCCCCCC(O)(O)c1ccc2ccccc2c1O. The zero-order valence-electron chi connectivity index (χ0n) is 19.6. The van der Waals surface area contributed by atoms with Crippen LogP contribution in [0.25, 0.3) is 10.8 Å². The molecule has 0 aliphatic carbocycles. The summed E-state index contributed by atoms with van der Waals surface area (Å²) in [6, 6.07) is 10.9. The van der Waals surface area contributed by atoms with Gasteiger partial charge < -0.3 is 15.3 Å². The largest absolute Gasteiger partial charge is 0.507 e. The number of hydrogen-bond donors (Lipinski definition) is 3. The van der Waals surface area contributed by atoms with E-state index in [4.69, 9.17) is 0 Å². The molecule has 31 heavy (non-hydrogen) atoms. The first-order chi connectivity index (χ1) is 15.1. The van der Waals surface area contributed by atoms with Gasteiger partial charge >= 0.3 is 0 Å². The fourth-order valence-electron chi connectivity index (χ4n) is 4.46. The maximum absolute atomic E-state index is 10.5. The summed E-state index contributed by atoms with van der Waals surface area (Å²) in [6.45, 7) is 2.27. The summed E-state index contributed by atoms with van der Waals surface area (Å²) < 4.78 is 0. The summed E-state index contributed by atoms with van der Waals surface area (Å²) >= 11 is 0. The minimum atomic E-state index is -1.98. The van der Waals surface area contributed by atoms with Crippen molar-refractivity contribution >= 4 is 10.8 Å². The number of rotatable bonds is 17. The van der Waals surface area contributed by atoms with Crippen molar-refractivity contribution in [2.24, 2.45) is 0 Å². The summed E-state index contributed by atoms with van der Waals surface area (Å²) in [5, 5.41) is 33.1. The number of unbranched alkanes of at least 4 members (excludes halogenated alkanes) is 14. The lowest BCUT2D eigenvalue weighted by atomic mass is 9.95. The van der Waals surface area contributed by atoms with Gasteiger partial charge in [-0.15, -0.1) is 0 Å². The molecule has 0 unspecified atom stereocenters. The van der Waals surface area contributed by atoms with Crippen LogP contribution >= 0.6 is 0 Å². The molecule has 0 amide bonds. The van der Waals surface area contributed by atoms with Crippen molar-refractivity contribution in [3.8, 4) is 5.75 Å². The standard InChI is InChI=1S/C28H44O3/c1-2-3-4-5-6-7-8-9-10-11-12-13-14-15-18-23-28(30,31)26-22-21-24-19-16-17-20-25(24)27(26)29/h16-17,19-22,29-31H,2-15,18,23H2,1H3. The van der Waals surface area contributed by atoms with Crippen LogP contribution in [0, 0.1) is 0 Å². The van der Waals surface area contributed by atoms with Crippen LogP contribution in [0.2, 0.25) is 0 Å². The van der Waals surface area contributed by atoms with E-state index in [-0.39, 0.29) is 17.7 Å². The van der Waals surface area contributed by atoms with Gasteiger partial charge in [-0.2, -0.15) is 0 Å². The lowest BCUT2D eigenvalue weighted by Crippen LogP contribution is -2.25. The van der Waals surface area contributed by atoms with Crippen LogP contribution in [-0.2, 0) is 5.79 Å². The van der Waals surface area contributed by atoms with Crippen molar-refractivity contribution < 1.29 is 15.3 Å². The number of benzene rings is 2. The van der Waals surface area contributed by atoms with E-state index in [9.17, 15) is 15.3 Å². The first-order valence-electron chi connectivity index (χ1n) is 12.7. The molecule has 2 rings (SSSR count). The Morgan fingerprint density at radius 3 is 1.65 bits per heavy atom. The number of fused-ring (bicyclic) bond motifs is 1. The molecule has 0 heterocycles. The molecule has 0 fully saturated rings. The second-order valence-corrected chi connectivity index (χ2v) is 9.20. The summed E-state index contributed by atoms with van der Waals surface area (Å²) in [5.74, 6) is -2.01. The maximum atomic E-state index is 10.5. The van der Waals surface area contributed by atoms with Gasteiger partial charge in [-0.3, -0.25) is 0 Å². The van der Waals surface area contributed by atoms with Gasteiger partial charge in [-0.25, -0.2) is 0 Å². The second kappa shape index (κ2) is 14.5. The molecular formula is C28H44O3. The van der Waals surface area contributed by atoms with E-state index in [2.05, 4.69) is 6.92 Å². The van der Waals surface area contributed by atoms with Crippen LogP contribution in [0.1, 0.15) is 115 Å². The Labute approximate surface area is 189 Å². The molecule has 0 aliphatic heterocycles. The van der Waals surface area contributed by atoms with Crippen molar-refractivity contribution in [1.82, 2.24) is 0 Å². The number of aromatic hydroxyl groups is 1. The summed E-state index contributed by atoms with van der Waals surface area (Å²) in [7, 11) is 0. The van der Waals surface area contributed by atoms with E-state index in [1.807, 2.05) is 24.3 Å². The normalized spacial score (nSPS) is 12.0. The highest BCUT2D eigenvalue weighted by atomic mass is 16.5. The Hall–Kier alpha value is -1.58. The van der Waals surface area contributed by atoms with E-state index >= 15 is 0 Å². The molecule has 2 aromatic carbocycles. The Balaban J connectivity index is 1.52. The minimum absolute atomic E-state index is 0.0240. The lowest BCUT2D eigenvalue weighted by Gasteiger charge is -2.24. The molecule has 0 saturated heterocycles. The van der Waals surface area contributed by atoms with Crippen molar-refractivity contribution in [3.63, 3.8) is 0 Å². The van der Waals surface area contributed by atoms with Gasteiger partial charge in [0, 0.05) is 11.8 Å². The first-order valence-corrected chi connectivity index (χ1v) is 12.7. The highest BCUT2D eigenvalue weighted by Crippen LogP contribution is 2.36. The van der Waals surface area contributed by atoms with Gasteiger partial charge in [0.05, 0.1) is 5.56 Å². The Bertz CT molecular complexity index is 738. The Morgan fingerprint density at radius 2 is 1.10 bits per heavy atom. The van der Waals surface area contributed by atoms with Gasteiger partial charge in [-0.05, 0) is 17.9 Å². The van der Waals surface area contributed by atoms with Crippen LogP contribution < -0.4 is 0 Å². The molecule has 0 spiro atoms. The lowest BCUT2D eigenvalue weighted by molar-refractivity contribution is -0.176. The van der Waals surface area contributed by atoms with E-state index in [0.717, 1.165) is 24.6 Å². The number of aliphatic hydroxyl groups is 2. The van der Waals surface area contributed by atoms with Crippen LogP contribution in [0.4, 0.5) is 0 Å². The minimum Gasteiger partial charge on any atom is -0.507 e. The van der Waals surface area contributed by atoms with Crippen molar-refractivity contribution in [3.05, 3.63) is 42.0 Å². The van der Waals surface area contributed by atoms with E-state index in [1.165, 1.54) is 77.0 Å². The van der Waals surface area contributed by atoms with Gasteiger partial charge in [0.1, 0.15) is 5.75 Å². The number of hydrogen-bond acceptors (Lipinski definition) is 3. The molecule has 3 heteroatoms. The Morgan fingerprint density at radius 1 is 0.613 bits per heavy atom. The summed E-state index contributed by atoms with van der Waals surface area (Å²) in [4.78, 5) is 0. The number of phenolic OH excluding ortho intramolecular Hbond substituents is 1. The highest BCUT2D eigenvalue weighted by molar-refractivity contribution is 5.89. The van der Waals surface area contributed by atoms with E-state index in [0.29, 0.717) is 5.39 Å². The molecule has 0 aliphatic rings. The van der Waals surface area contributed by atoms with Gasteiger partial charge in [0.2, 0.25) is 0 Å². The quantitative estimate of drug-likeness (QED) is 0.177. The molecule has 3 nitrogen and oxygen atoms in total. The molecular weight excluding hydrogens is 384 g/mol. The first kappa shape index (κ1) is 25.7. The van der Waals surface area contributed by atoms with Crippen molar-refractivity contribution in [1.29, 1.82) is 0 Å². The zero-order chi connectivity index (χ0) is 22.4. The molecule has 3 N–H and O–H groups in total. The van der Waals surface area contributed by atoms with Gasteiger partial charge in [0.25, 0.3) is 0 Å². The smallest absolute Gasteiger partial charge is 0.193 e. The third kappa shape index (κ3) is 9.21. The molecule has 0 atom stereocenters. The van der Waals surface area contributed by atoms with Crippen LogP contribution in [0.3, 0.4) is 0 Å². The monoisotopic (exact) mass is 428 g/mol. The maximum Gasteiger partial charge on any atom is 0.193 e. The average molecular weight is 429 g/mol. The van der Waals surface area contributed by atoms with Gasteiger partial charge in [0.15, 0.2) is 5.79 Å². The average Bonchev–Trinajstić information content (AvgIpc) is 2.76. The predicted molar refractivity (Wildman–Crippen MR) is 131 cm³/mol. The van der Waals surface area contributed by atoms with E-state index < -0.39 is 5.79 Å². The van der Waals surface area contributed by atoms with Crippen molar-refractivity contribution in [2.75, 3.05) is 0 Å². The summed E-state index contributed by atoms with van der Waals surface area (Å²) in [6.07, 6.45) is 19.4. The van der Waals surface area contributed by atoms with E-state index in [1.54, 1.807) is 12.1 Å². The van der Waals surface area contributed by atoms with Crippen LogP contribution in [0.15, 0.2) is 36.4 Å². The van der Waals surface area contributed by atoms with Crippen molar-refractivity contribution in [2.45, 2.75) is 115 Å². The van der Waals surface area contributed by atoms with Gasteiger partial charge in [-0.1, -0.05) is 127 Å². The topological polar surface area (TPSA) is 60.7 Å². The highest BCUT2D eigenvalue weighted by Gasteiger charge is 2.29. The zero-order valence-corrected chi connectivity index (χ0v) is 19.6. The molecule has 0 bridgehead atoms. The molecule has 0 saturated carbocycles. The molecule has 2 aromatic rings. The third-order valence-electron chi connectivity index (χ3n) is 6.46. The van der Waals surface area contributed by atoms with Crippen LogP contribution in [0.5, 0.6) is 5.75 Å². The fourth-order valence-corrected chi connectivity index (χ4v) is 4.46. The predicted octanol–water partition coefficient (Wildman–Crippen LogP) is 7.94. The van der Waals surface area contributed by atoms with Crippen LogP contribution in [-0.4, -0.2) is 15.3 Å². The summed E-state index contributed by atoms with van der Waals surface area (Å²) in [5.41, 5.74) is 0.205. The number of phenols is 1. The molecule has 0 radical (unpaired) electrons. The fraction of sp³-hybridized carbons (Fsp3) is 0.643. The second-order valence-electron chi connectivity index (χ2n) is 9.20. The molecule has 0 aromatic heterocycles. The third-order valence-corrected chi connectivity index (χ3v) is 6.46.